The van der Waals surface area contributed by atoms with E-state index in [0.717, 1.165) is 43.1 Å². The van der Waals surface area contributed by atoms with Crippen LogP contribution >= 0.6 is 35.3 Å². The Morgan fingerprint density at radius 1 is 0.316 bits per heavy atom. The van der Waals surface area contributed by atoms with E-state index in [4.69, 9.17) is 0 Å². The van der Waals surface area contributed by atoms with Gasteiger partial charge in [-0.25, -0.2) is 42.5 Å². The summed E-state index contributed by atoms with van der Waals surface area (Å²) in [5.74, 6) is 0. The summed E-state index contributed by atoms with van der Waals surface area (Å²) >= 11 is 4.28. The van der Waals surface area contributed by atoms with Crippen LogP contribution in [0.25, 0.3) is 17.1 Å². The zero-order valence-corrected chi connectivity index (χ0v) is 31.7. The van der Waals surface area contributed by atoms with Crippen molar-refractivity contribution in [3.63, 3.8) is 0 Å². The molecule has 0 amide bonds. The van der Waals surface area contributed by atoms with Crippen molar-refractivity contribution in [2.24, 2.45) is 15.0 Å². The zero-order chi connectivity index (χ0) is 39.7. The van der Waals surface area contributed by atoms with E-state index in [1.807, 2.05) is 36.4 Å². The molecule has 0 aliphatic heterocycles. The molecule has 12 nitrogen and oxygen atoms in total. The zero-order valence-electron chi connectivity index (χ0n) is 29.2. The monoisotopic (exact) mass is 804 g/mol. The molecular weight excluding hydrogens is 781 g/mol. The maximum absolute atomic E-state index is 14.2. The molecule has 0 radical (unpaired) electrons. The number of rotatable bonds is 12. The van der Waals surface area contributed by atoms with E-state index in [0.29, 0.717) is 17.1 Å². The standard InChI is InChI=1S/C42H24N6O6S3/c49-25-43-28-1-13-34(14-2-28)55-37-19-7-31(8-20-37)46-40(52)47(32-9-21-38(22-10-32)56-35-15-3-29(4-16-35)44-26-50)42(54)48(41(46)53)33-11-23-39(24-12-33)57-36-17-5-30(6-18-36)45-27-51/h1-24H. The molecular formula is C42H24N6O6S3. The van der Waals surface area contributed by atoms with Crippen LogP contribution < -0.4 is 17.1 Å². The van der Waals surface area contributed by atoms with Gasteiger partial charge in [0.15, 0.2) is 0 Å². The molecule has 0 spiro atoms. The summed E-state index contributed by atoms with van der Waals surface area (Å²) < 4.78 is 2.88. The Bertz CT molecular complexity index is 2560. The molecule has 0 saturated carbocycles. The van der Waals surface area contributed by atoms with Gasteiger partial charge in [0.2, 0.25) is 18.2 Å². The first-order valence-electron chi connectivity index (χ1n) is 16.7. The van der Waals surface area contributed by atoms with Crippen LogP contribution in [-0.2, 0) is 14.4 Å². The lowest BCUT2D eigenvalue weighted by Crippen LogP contribution is -2.52. The number of aromatic nitrogens is 3. The third kappa shape index (κ3) is 8.91. The van der Waals surface area contributed by atoms with Crippen LogP contribution in [0.3, 0.4) is 0 Å². The van der Waals surface area contributed by atoms with Gasteiger partial charge >= 0.3 is 17.1 Å². The van der Waals surface area contributed by atoms with Gasteiger partial charge in [0.25, 0.3) is 0 Å². The number of carbonyl (C=O) groups excluding carboxylic acids is 3. The minimum absolute atomic E-state index is 0.247. The summed E-state index contributed by atoms with van der Waals surface area (Å²) in [5.41, 5.74) is -0.381. The molecule has 0 atom stereocenters. The fourth-order valence-corrected chi connectivity index (χ4v) is 7.98. The number of isocyanates is 3. The average molecular weight is 805 g/mol. The Hall–Kier alpha value is -7.08. The molecule has 0 N–H and O–H groups in total. The van der Waals surface area contributed by atoms with Crippen molar-refractivity contribution < 1.29 is 14.4 Å². The Morgan fingerprint density at radius 2 is 0.509 bits per heavy atom. The first-order valence-corrected chi connectivity index (χ1v) is 19.2. The summed E-state index contributed by atoms with van der Waals surface area (Å²) in [7, 11) is 0. The van der Waals surface area contributed by atoms with Gasteiger partial charge in [-0.3, -0.25) is 0 Å². The van der Waals surface area contributed by atoms with E-state index in [2.05, 4.69) is 15.0 Å². The molecule has 1 heterocycles. The van der Waals surface area contributed by atoms with Crippen LogP contribution in [0.5, 0.6) is 0 Å². The summed E-state index contributed by atoms with van der Waals surface area (Å²) in [6.07, 6.45) is 4.54. The van der Waals surface area contributed by atoms with Crippen molar-refractivity contribution in [2.45, 2.75) is 29.4 Å². The third-order valence-electron chi connectivity index (χ3n) is 8.17. The van der Waals surface area contributed by atoms with Crippen molar-refractivity contribution >= 4 is 70.6 Å². The molecule has 1 aromatic heterocycles. The second-order valence-corrected chi connectivity index (χ2v) is 15.2. The Kier molecular flexibility index (Phi) is 11.8. The van der Waals surface area contributed by atoms with Crippen molar-refractivity contribution in [1.82, 2.24) is 13.7 Å². The van der Waals surface area contributed by atoms with Crippen LogP contribution in [0.15, 0.2) is 204 Å². The van der Waals surface area contributed by atoms with Gasteiger partial charge in [-0.2, -0.15) is 15.0 Å². The van der Waals surface area contributed by atoms with Crippen molar-refractivity contribution in [3.05, 3.63) is 177 Å². The van der Waals surface area contributed by atoms with Crippen LogP contribution in [0.2, 0.25) is 0 Å². The first kappa shape index (κ1) is 38.2. The summed E-state index contributed by atoms with van der Waals surface area (Å²) in [6.45, 7) is 0. The van der Waals surface area contributed by atoms with E-state index >= 15 is 0 Å². The highest BCUT2D eigenvalue weighted by molar-refractivity contribution is 7.99. The smallest absolute Gasteiger partial charge is 0.246 e. The molecule has 6 aromatic carbocycles. The topological polar surface area (TPSA) is 154 Å². The fraction of sp³-hybridized carbons (Fsp3) is 0. The molecule has 0 unspecified atom stereocenters. The van der Waals surface area contributed by atoms with Crippen LogP contribution in [0, 0.1) is 0 Å². The van der Waals surface area contributed by atoms with Gasteiger partial charge in [-0.1, -0.05) is 35.3 Å². The molecule has 57 heavy (non-hydrogen) atoms. The molecule has 0 bridgehead atoms. The van der Waals surface area contributed by atoms with Gasteiger partial charge in [-0.05, 0) is 146 Å². The third-order valence-corrected chi connectivity index (χ3v) is 11.2. The van der Waals surface area contributed by atoms with E-state index < -0.39 is 17.1 Å². The van der Waals surface area contributed by atoms with Gasteiger partial charge in [-0.15, -0.1) is 0 Å². The number of hydrogen-bond acceptors (Lipinski definition) is 12. The first-order chi connectivity index (χ1) is 27.8. The number of benzene rings is 6. The number of hydrogen-bond donors (Lipinski definition) is 0. The second-order valence-electron chi connectivity index (χ2n) is 11.7. The Labute approximate surface area is 335 Å². The minimum atomic E-state index is -0.853. The predicted octanol–water partition coefficient (Wildman–Crippen LogP) is 8.49. The van der Waals surface area contributed by atoms with E-state index in [-0.39, 0.29) is 17.1 Å². The van der Waals surface area contributed by atoms with Crippen LogP contribution in [-0.4, -0.2) is 31.9 Å². The van der Waals surface area contributed by atoms with Crippen molar-refractivity contribution in [2.75, 3.05) is 0 Å². The highest BCUT2D eigenvalue weighted by atomic mass is 32.2. The summed E-state index contributed by atoms with van der Waals surface area (Å²) in [4.78, 5) is 90.3. The maximum atomic E-state index is 14.2. The molecule has 0 saturated heterocycles. The highest BCUT2D eigenvalue weighted by Crippen LogP contribution is 2.32. The largest absolute Gasteiger partial charge is 0.345 e. The number of nitrogens with zero attached hydrogens (tertiary/aromatic N) is 6. The van der Waals surface area contributed by atoms with E-state index in [9.17, 15) is 28.8 Å². The lowest BCUT2D eigenvalue weighted by atomic mass is 10.3. The molecule has 7 rings (SSSR count). The van der Waals surface area contributed by atoms with Gasteiger partial charge in [0.1, 0.15) is 0 Å². The van der Waals surface area contributed by atoms with E-state index in [1.54, 1.807) is 109 Å². The number of aliphatic imine (C=N–C) groups is 3. The fourth-order valence-electron chi connectivity index (χ4n) is 5.53. The summed E-state index contributed by atoms with van der Waals surface area (Å²) in [5, 5.41) is 0. The molecule has 0 aliphatic rings. The Morgan fingerprint density at radius 3 is 0.702 bits per heavy atom. The highest BCUT2D eigenvalue weighted by Gasteiger charge is 2.20. The molecule has 0 fully saturated rings. The molecule has 7 aromatic rings. The lowest BCUT2D eigenvalue weighted by Gasteiger charge is -2.15. The lowest BCUT2D eigenvalue weighted by molar-refractivity contribution is 0.564. The normalized spacial score (nSPS) is 10.5. The second kappa shape index (κ2) is 17.6. The molecule has 276 valence electrons. The predicted molar refractivity (Wildman–Crippen MR) is 218 cm³/mol. The minimum Gasteiger partial charge on any atom is -0.246 e. The van der Waals surface area contributed by atoms with Gasteiger partial charge in [0.05, 0.1) is 34.1 Å². The van der Waals surface area contributed by atoms with E-state index in [1.165, 1.54) is 53.5 Å². The quantitative estimate of drug-likeness (QED) is 0.0874. The van der Waals surface area contributed by atoms with Crippen molar-refractivity contribution in [3.8, 4) is 17.1 Å². The molecule has 15 heteroatoms. The average Bonchev–Trinajstić information content (AvgIpc) is 3.22. The van der Waals surface area contributed by atoms with Crippen molar-refractivity contribution in [1.29, 1.82) is 0 Å². The molecule has 0 aliphatic carbocycles. The SMILES string of the molecule is O=C=Nc1ccc(Sc2ccc(-n3c(=O)n(-c4ccc(Sc5ccc(N=C=O)cc5)cc4)c(=O)n(-c4ccc(Sc5ccc(N=C=O)cc5)cc4)c3=O)cc2)cc1. The van der Waals surface area contributed by atoms with Gasteiger partial charge < -0.3 is 0 Å². The van der Waals surface area contributed by atoms with Crippen LogP contribution in [0.4, 0.5) is 17.1 Å². The Balaban J connectivity index is 1.26. The van der Waals surface area contributed by atoms with Gasteiger partial charge in [0, 0.05) is 29.4 Å². The van der Waals surface area contributed by atoms with Crippen LogP contribution in [0.1, 0.15) is 0 Å². The summed E-state index contributed by atoms with van der Waals surface area (Å²) in [6, 6.07) is 41.3. The maximum Gasteiger partial charge on any atom is 0.345 e.